The SMILES string of the molecule is CC(C)(C)CCO.COCCC(C)(C)C. The molecule has 0 saturated heterocycles. The molecule has 0 aromatic carbocycles. The van der Waals surface area contributed by atoms with Crippen molar-refractivity contribution in [2.75, 3.05) is 20.3 Å². The lowest BCUT2D eigenvalue weighted by molar-refractivity contribution is 0.159. The highest BCUT2D eigenvalue weighted by molar-refractivity contribution is 4.59. The molecule has 0 amide bonds. The van der Waals surface area contributed by atoms with Gasteiger partial charge in [-0.15, -0.1) is 0 Å². The highest BCUT2D eigenvalue weighted by Crippen LogP contribution is 2.17. The Balaban J connectivity index is 0. The molecule has 0 spiro atoms. The Morgan fingerprint density at radius 2 is 1.27 bits per heavy atom. The lowest BCUT2D eigenvalue weighted by atomic mass is 9.93. The van der Waals surface area contributed by atoms with Gasteiger partial charge < -0.3 is 9.84 Å². The van der Waals surface area contributed by atoms with Crippen molar-refractivity contribution >= 4 is 0 Å². The van der Waals surface area contributed by atoms with Crippen molar-refractivity contribution in [1.82, 2.24) is 0 Å². The Morgan fingerprint density at radius 3 is 1.33 bits per heavy atom. The Bertz CT molecular complexity index is 128. The summed E-state index contributed by atoms with van der Waals surface area (Å²) < 4.78 is 4.92. The summed E-state index contributed by atoms with van der Waals surface area (Å²) in [7, 11) is 1.74. The fraction of sp³-hybridized carbons (Fsp3) is 1.00. The van der Waals surface area contributed by atoms with Crippen molar-refractivity contribution in [3.8, 4) is 0 Å². The molecule has 2 nitrogen and oxygen atoms in total. The maximum atomic E-state index is 8.40. The van der Waals surface area contributed by atoms with Gasteiger partial charge in [-0.1, -0.05) is 41.5 Å². The molecule has 94 valence electrons. The molecule has 0 fully saturated rings. The minimum Gasteiger partial charge on any atom is -0.396 e. The van der Waals surface area contributed by atoms with Crippen LogP contribution in [0.25, 0.3) is 0 Å². The lowest BCUT2D eigenvalue weighted by Gasteiger charge is -2.16. The average molecular weight is 218 g/mol. The summed E-state index contributed by atoms with van der Waals surface area (Å²) in [6.07, 6.45) is 2.04. The lowest BCUT2D eigenvalue weighted by Crippen LogP contribution is -2.07. The quantitative estimate of drug-likeness (QED) is 0.786. The molecule has 0 heterocycles. The van der Waals surface area contributed by atoms with Crippen LogP contribution >= 0.6 is 0 Å². The zero-order chi connectivity index (χ0) is 12.5. The third kappa shape index (κ3) is 24.9. The van der Waals surface area contributed by atoms with E-state index in [1.54, 1.807) is 7.11 Å². The number of hydrogen-bond donors (Lipinski definition) is 1. The van der Waals surface area contributed by atoms with E-state index in [2.05, 4.69) is 41.5 Å². The molecular weight excluding hydrogens is 188 g/mol. The largest absolute Gasteiger partial charge is 0.396 e. The van der Waals surface area contributed by atoms with E-state index in [1.165, 1.54) is 0 Å². The van der Waals surface area contributed by atoms with Gasteiger partial charge in [0.25, 0.3) is 0 Å². The number of methoxy groups -OCH3 is 1. The van der Waals surface area contributed by atoms with Gasteiger partial charge in [0.05, 0.1) is 0 Å². The van der Waals surface area contributed by atoms with Crippen molar-refractivity contribution in [3.05, 3.63) is 0 Å². The van der Waals surface area contributed by atoms with Gasteiger partial charge in [-0.05, 0) is 23.7 Å². The number of aliphatic hydroxyl groups is 1. The van der Waals surface area contributed by atoms with Gasteiger partial charge in [-0.2, -0.15) is 0 Å². The van der Waals surface area contributed by atoms with Crippen LogP contribution in [-0.2, 0) is 4.74 Å². The first-order valence-electron chi connectivity index (χ1n) is 5.72. The van der Waals surface area contributed by atoms with E-state index in [-0.39, 0.29) is 0 Å². The van der Waals surface area contributed by atoms with E-state index in [1.807, 2.05) is 0 Å². The van der Waals surface area contributed by atoms with Gasteiger partial charge in [0, 0.05) is 20.3 Å². The standard InChI is InChI=1S/C7H16O.C6H14O/c1-7(2,3)5-6-8-4;1-6(2,3)4-5-7/h5-6H2,1-4H3;7H,4-5H2,1-3H3. The summed E-state index contributed by atoms with van der Waals surface area (Å²) in [5, 5.41) is 8.40. The van der Waals surface area contributed by atoms with Gasteiger partial charge in [0.15, 0.2) is 0 Å². The van der Waals surface area contributed by atoms with E-state index in [4.69, 9.17) is 9.84 Å². The molecule has 0 saturated carbocycles. The molecule has 0 bridgehead atoms. The average Bonchev–Trinajstić information content (AvgIpc) is 1.98. The van der Waals surface area contributed by atoms with Gasteiger partial charge in [-0.25, -0.2) is 0 Å². The van der Waals surface area contributed by atoms with Crippen molar-refractivity contribution in [2.24, 2.45) is 10.8 Å². The second kappa shape index (κ2) is 8.12. The van der Waals surface area contributed by atoms with E-state index >= 15 is 0 Å². The van der Waals surface area contributed by atoms with Crippen LogP contribution in [0.3, 0.4) is 0 Å². The smallest absolute Gasteiger partial charge is 0.0467 e. The molecule has 0 aliphatic heterocycles. The predicted octanol–water partition coefficient (Wildman–Crippen LogP) is 3.48. The normalized spacial score (nSPS) is 12.0. The topological polar surface area (TPSA) is 29.5 Å². The van der Waals surface area contributed by atoms with Gasteiger partial charge >= 0.3 is 0 Å². The second-order valence-corrected chi connectivity index (χ2v) is 6.34. The molecule has 0 aromatic heterocycles. The maximum Gasteiger partial charge on any atom is 0.0467 e. The van der Waals surface area contributed by atoms with Crippen LogP contribution in [0.15, 0.2) is 0 Å². The molecule has 0 atom stereocenters. The molecule has 1 N–H and O–H groups in total. The van der Waals surface area contributed by atoms with E-state index < -0.39 is 0 Å². The summed E-state index contributed by atoms with van der Waals surface area (Å²) in [5.74, 6) is 0. The van der Waals surface area contributed by atoms with E-state index in [0.717, 1.165) is 19.4 Å². The maximum absolute atomic E-state index is 8.40. The second-order valence-electron chi connectivity index (χ2n) is 6.34. The molecular formula is C13H30O2. The molecule has 0 aliphatic rings. The Hall–Kier alpha value is -0.0800. The molecule has 0 aliphatic carbocycles. The summed E-state index contributed by atoms with van der Waals surface area (Å²) in [5.41, 5.74) is 0.727. The van der Waals surface area contributed by atoms with E-state index in [9.17, 15) is 0 Å². The van der Waals surface area contributed by atoms with Crippen molar-refractivity contribution in [1.29, 1.82) is 0 Å². The Kier molecular flexibility index (Phi) is 9.37. The molecule has 0 rings (SSSR count). The number of ether oxygens (including phenoxy) is 1. The van der Waals surface area contributed by atoms with Crippen molar-refractivity contribution in [2.45, 2.75) is 54.4 Å². The fourth-order valence-electron chi connectivity index (χ4n) is 0.744. The van der Waals surface area contributed by atoms with Crippen LogP contribution in [-0.4, -0.2) is 25.4 Å². The van der Waals surface area contributed by atoms with Gasteiger partial charge in [0.2, 0.25) is 0 Å². The van der Waals surface area contributed by atoms with Gasteiger partial charge in [-0.3, -0.25) is 0 Å². The third-order valence-electron chi connectivity index (χ3n) is 1.92. The first kappa shape index (κ1) is 17.3. The summed E-state index contributed by atoms with van der Waals surface area (Å²) in [6.45, 7) is 14.2. The number of hydrogen-bond acceptors (Lipinski definition) is 2. The van der Waals surface area contributed by atoms with Crippen molar-refractivity contribution in [3.63, 3.8) is 0 Å². The third-order valence-corrected chi connectivity index (χ3v) is 1.92. The van der Waals surface area contributed by atoms with E-state index in [0.29, 0.717) is 17.4 Å². The van der Waals surface area contributed by atoms with Crippen LogP contribution < -0.4 is 0 Å². The van der Waals surface area contributed by atoms with Crippen LogP contribution in [0.4, 0.5) is 0 Å². The molecule has 0 radical (unpaired) electrons. The minimum atomic E-state index is 0.300. The van der Waals surface area contributed by atoms with Crippen LogP contribution in [0.2, 0.25) is 0 Å². The predicted molar refractivity (Wildman–Crippen MR) is 67.1 cm³/mol. The summed E-state index contributed by atoms with van der Waals surface area (Å²) in [4.78, 5) is 0. The first-order chi connectivity index (χ1) is 6.62. The minimum absolute atomic E-state index is 0.300. The molecule has 15 heavy (non-hydrogen) atoms. The Labute approximate surface area is 96.0 Å². The van der Waals surface area contributed by atoms with Crippen LogP contribution in [0, 0.1) is 10.8 Å². The number of aliphatic hydroxyl groups excluding tert-OH is 1. The fourth-order valence-corrected chi connectivity index (χ4v) is 0.744. The Morgan fingerprint density at radius 1 is 0.867 bits per heavy atom. The van der Waals surface area contributed by atoms with Crippen LogP contribution in [0.5, 0.6) is 0 Å². The molecule has 2 heteroatoms. The first-order valence-corrected chi connectivity index (χ1v) is 5.72. The number of rotatable bonds is 3. The highest BCUT2D eigenvalue weighted by atomic mass is 16.5. The zero-order valence-electron chi connectivity index (χ0n) is 11.7. The molecule has 0 aromatic rings. The monoisotopic (exact) mass is 218 g/mol. The zero-order valence-corrected chi connectivity index (χ0v) is 11.7. The summed E-state index contributed by atoms with van der Waals surface area (Å²) >= 11 is 0. The summed E-state index contributed by atoms with van der Waals surface area (Å²) in [6, 6.07) is 0. The van der Waals surface area contributed by atoms with Crippen molar-refractivity contribution < 1.29 is 9.84 Å². The molecule has 0 unspecified atom stereocenters. The van der Waals surface area contributed by atoms with Gasteiger partial charge in [0.1, 0.15) is 0 Å². The highest BCUT2D eigenvalue weighted by Gasteiger charge is 2.08. The van der Waals surface area contributed by atoms with Crippen LogP contribution in [0.1, 0.15) is 54.4 Å².